The summed E-state index contributed by atoms with van der Waals surface area (Å²) in [5.74, 6) is -4.24. The molecule has 4 aromatic rings. The second kappa shape index (κ2) is 18.0. The number of rotatable bonds is 12. The van der Waals surface area contributed by atoms with Crippen LogP contribution in [0.2, 0.25) is 0 Å². The molecule has 0 bridgehead atoms. The van der Waals surface area contributed by atoms with Gasteiger partial charge in [-0.1, -0.05) is 0 Å². The van der Waals surface area contributed by atoms with Gasteiger partial charge in [0, 0.05) is 0 Å². The molecule has 0 N–H and O–H groups in total. The number of halogens is 2. The third kappa shape index (κ3) is 9.90. The SMILES string of the molecule is CC(=O)OCC1O[C@@H]([Se][C@@H]2OC(COC(C)=O)[C@H](C)[C@H](n3cc(-c4cccc(F)c4)nn3)C2OC(C)=O)[C@H](C)C(n2cc(-c3cccc(F)c3)nn2)[C@H]1OC(C)=O. The summed E-state index contributed by atoms with van der Waals surface area (Å²) in [5, 5.41) is 15.8. The summed E-state index contributed by atoms with van der Waals surface area (Å²) in [7, 11) is 0. The quantitative estimate of drug-likeness (QED) is 0.114. The number of nitrogens with zero attached hydrogens (tertiary/aromatic N) is 6. The zero-order valence-electron chi connectivity index (χ0n) is 31.9. The van der Waals surface area contributed by atoms with Gasteiger partial charge in [-0.05, 0) is 0 Å². The Kier molecular flexibility index (Phi) is 13.1. The Labute approximate surface area is 332 Å². The van der Waals surface area contributed by atoms with Crippen LogP contribution in [-0.2, 0) is 47.6 Å². The predicted molar refractivity (Wildman–Crippen MR) is 195 cm³/mol. The summed E-state index contributed by atoms with van der Waals surface area (Å²) in [5.41, 5.74) is 1.67. The molecule has 0 saturated carbocycles. The van der Waals surface area contributed by atoms with Crippen LogP contribution in [0.5, 0.6) is 0 Å². The maximum absolute atomic E-state index is 14.2. The minimum atomic E-state index is -1.02. The molecule has 0 aliphatic carbocycles. The Morgan fingerprint density at radius 1 is 0.667 bits per heavy atom. The molecule has 10 atom stereocenters. The Morgan fingerprint density at radius 2 is 1.14 bits per heavy atom. The molecule has 4 heterocycles. The molecule has 0 spiro atoms. The van der Waals surface area contributed by atoms with Gasteiger partial charge in [0.05, 0.1) is 0 Å². The first-order valence-corrected chi connectivity index (χ1v) is 20.1. The van der Waals surface area contributed by atoms with Gasteiger partial charge in [0.15, 0.2) is 0 Å². The number of carbonyl (C=O) groups is 4. The summed E-state index contributed by atoms with van der Waals surface area (Å²) >= 11 is -0.766. The normalized spacial score (nSPS) is 27.3. The average Bonchev–Trinajstić information content (AvgIpc) is 3.83. The summed E-state index contributed by atoms with van der Waals surface area (Å²) in [6.07, 6.45) is -0.491. The van der Waals surface area contributed by atoms with Crippen LogP contribution in [0.3, 0.4) is 0 Å². The number of benzene rings is 2. The van der Waals surface area contributed by atoms with Gasteiger partial charge in [0.1, 0.15) is 0 Å². The van der Waals surface area contributed by atoms with Gasteiger partial charge in [0.2, 0.25) is 0 Å². The van der Waals surface area contributed by atoms with E-state index in [9.17, 15) is 28.0 Å². The molecule has 0 amide bonds. The maximum atomic E-state index is 14.2. The van der Waals surface area contributed by atoms with Crippen LogP contribution < -0.4 is 0 Å². The molecule has 19 heteroatoms. The third-order valence-electron chi connectivity index (χ3n) is 9.67. The van der Waals surface area contributed by atoms with E-state index in [-0.39, 0.29) is 13.2 Å². The molecule has 16 nitrogen and oxygen atoms in total. The van der Waals surface area contributed by atoms with E-state index in [4.69, 9.17) is 28.4 Å². The number of hydrogen-bond donors (Lipinski definition) is 0. The zero-order chi connectivity index (χ0) is 41.0. The van der Waals surface area contributed by atoms with Crippen molar-refractivity contribution in [2.45, 2.75) is 88.0 Å². The second-order valence-electron chi connectivity index (χ2n) is 13.9. The van der Waals surface area contributed by atoms with Crippen molar-refractivity contribution in [2.75, 3.05) is 13.2 Å². The number of hydrogen-bond acceptors (Lipinski definition) is 14. The Bertz CT molecular complexity index is 2080. The van der Waals surface area contributed by atoms with E-state index >= 15 is 0 Å². The van der Waals surface area contributed by atoms with Gasteiger partial charge in [0.25, 0.3) is 0 Å². The van der Waals surface area contributed by atoms with E-state index in [1.807, 2.05) is 13.8 Å². The number of ether oxygens (including phenoxy) is 6. The van der Waals surface area contributed by atoms with E-state index in [0.717, 1.165) is 0 Å². The van der Waals surface area contributed by atoms with Crippen molar-refractivity contribution in [3.63, 3.8) is 0 Å². The van der Waals surface area contributed by atoms with Crippen molar-refractivity contribution in [3.05, 3.63) is 72.6 Å². The minimum absolute atomic E-state index is 0.132. The van der Waals surface area contributed by atoms with Crippen molar-refractivity contribution in [1.29, 1.82) is 0 Å². The Hall–Kier alpha value is -5.10. The van der Waals surface area contributed by atoms with Crippen LogP contribution in [0.1, 0.15) is 53.6 Å². The molecule has 2 saturated heterocycles. The number of carbonyl (C=O) groups excluding carboxylic acids is 4. The fraction of sp³-hybridized carbons (Fsp3) is 0.474. The van der Waals surface area contributed by atoms with E-state index in [2.05, 4.69) is 20.6 Å². The molecule has 2 aromatic heterocycles. The fourth-order valence-electron chi connectivity index (χ4n) is 7.07. The third-order valence-corrected chi connectivity index (χ3v) is 12.7. The van der Waals surface area contributed by atoms with Crippen molar-refractivity contribution < 1.29 is 56.4 Å². The van der Waals surface area contributed by atoms with Crippen LogP contribution in [0.15, 0.2) is 60.9 Å². The van der Waals surface area contributed by atoms with Crippen molar-refractivity contribution >= 4 is 38.8 Å². The van der Waals surface area contributed by atoms with Crippen molar-refractivity contribution in [3.8, 4) is 22.5 Å². The molecule has 4 unspecified atom stereocenters. The first-order valence-electron chi connectivity index (χ1n) is 18.1. The monoisotopic (exact) mass is 860 g/mol. The molecule has 2 aromatic carbocycles. The van der Waals surface area contributed by atoms with Crippen LogP contribution >= 0.6 is 0 Å². The zero-order valence-corrected chi connectivity index (χ0v) is 33.6. The van der Waals surface area contributed by atoms with Gasteiger partial charge in [-0.3, -0.25) is 0 Å². The van der Waals surface area contributed by atoms with Gasteiger partial charge < -0.3 is 0 Å². The standard InChI is InChI=1S/C38H42F2N6O10Se/c1-19-31(17-51-21(3)47)55-38(36(54-24(6)50)33(19)45-15-29(41-43-45)25-9-7-11-27(39)13-25)57-37-20(2)34(35(53-23(5)49)32(56-37)18-52-22(4)48)46-16-30(42-44-46)26-10-8-12-28(40)14-26/h7-16,19-20,31-38H,17-18H2,1-6H3/t19-,20+,31?,32?,33-,34?,35-,36?,37-,38-/m0/s1. The van der Waals surface area contributed by atoms with Gasteiger partial charge in [-0.2, -0.15) is 0 Å². The Balaban J connectivity index is 1.39. The van der Waals surface area contributed by atoms with Crippen LogP contribution in [0.25, 0.3) is 22.5 Å². The molecule has 2 aliphatic heterocycles. The fourth-order valence-corrected chi connectivity index (χ4v) is 10.1. The molecular formula is C38H42F2N6O10Se. The van der Waals surface area contributed by atoms with E-state index in [1.165, 1.54) is 56.6 Å². The average molecular weight is 860 g/mol. The summed E-state index contributed by atoms with van der Waals surface area (Å²) in [4.78, 5) is 49.4. The van der Waals surface area contributed by atoms with Crippen molar-refractivity contribution in [2.24, 2.45) is 11.8 Å². The summed E-state index contributed by atoms with van der Waals surface area (Å²) < 4.78 is 67.4. The van der Waals surface area contributed by atoms with Crippen molar-refractivity contribution in [1.82, 2.24) is 30.0 Å². The molecule has 2 aliphatic rings. The van der Waals surface area contributed by atoms with E-state index in [0.29, 0.717) is 22.5 Å². The Morgan fingerprint density at radius 3 is 1.63 bits per heavy atom. The predicted octanol–water partition coefficient (Wildman–Crippen LogP) is 3.68. The summed E-state index contributed by atoms with van der Waals surface area (Å²) in [6.45, 7) is 8.32. The molecule has 304 valence electrons. The molecule has 57 heavy (non-hydrogen) atoms. The van der Waals surface area contributed by atoms with E-state index < -0.39 is 109 Å². The van der Waals surface area contributed by atoms with Gasteiger partial charge in [-0.25, -0.2) is 0 Å². The van der Waals surface area contributed by atoms with Crippen LogP contribution in [0.4, 0.5) is 8.78 Å². The first kappa shape index (κ1) is 41.5. The number of aromatic nitrogens is 6. The first-order chi connectivity index (χ1) is 27.2. The molecular weight excluding hydrogens is 817 g/mol. The topological polar surface area (TPSA) is 185 Å². The van der Waals surface area contributed by atoms with Crippen LogP contribution in [-0.4, -0.2) is 116 Å². The van der Waals surface area contributed by atoms with Crippen LogP contribution in [0, 0.1) is 23.5 Å². The molecule has 2 fully saturated rings. The van der Waals surface area contributed by atoms with Gasteiger partial charge in [-0.15, -0.1) is 0 Å². The number of esters is 4. The van der Waals surface area contributed by atoms with Gasteiger partial charge >= 0.3 is 333 Å². The molecule has 0 radical (unpaired) electrons. The summed E-state index contributed by atoms with van der Waals surface area (Å²) in [6, 6.07) is 10.3. The van der Waals surface area contributed by atoms with E-state index in [1.54, 1.807) is 41.3 Å². The molecule has 6 rings (SSSR count). The second-order valence-corrected chi connectivity index (χ2v) is 16.4.